The van der Waals surface area contributed by atoms with E-state index in [9.17, 15) is 0 Å². The maximum absolute atomic E-state index is 6.66. The maximum Gasteiger partial charge on any atom is 0.259 e. The van der Waals surface area contributed by atoms with Gasteiger partial charge in [0.15, 0.2) is 0 Å². The van der Waals surface area contributed by atoms with Crippen LogP contribution >= 0.6 is 8.53 Å². The molecular formula is C29H42NO2P. The molecule has 2 aromatic carbocycles. The summed E-state index contributed by atoms with van der Waals surface area (Å²) in [6.07, 6.45) is 16.6. The van der Waals surface area contributed by atoms with Crippen LogP contribution in [-0.4, -0.2) is 23.9 Å². The minimum absolute atomic E-state index is 0.162. The zero-order chi connectivity index (χ0) is 22.6. The molecule has 0 spiro atoms. The van der Waals surface area contributed by atoms with Crippen molar-refractivity contribution in [2.24, 2.45) is 0 Å². The first-order valence-electron chi connectivity index (χ1n) is 13.4. The van der Waals surface area contributed by atoms with Gasteiger partial charge in [0.25, 0.3) is 8.53 Å². The van der Waals surface area contributed by atoms with Crippen LogP contribution in [0.2, 0.25) is 0 Å². The van der Waals surface area contributed by atoms with Gasteiger partial charge in [0.2, 0.25) is 0 Å². The molecule has 1 heterocycles. The first-order chi connectivity index (χ1) is 16.4. The zero-order valence-electron chi connectivity index (χ0n) is 20.2. The highest BCUT2D eigenvalue weighted by atomic mass is 31.2. The summed E-state index contributed by atoms with van der Waals surface area (Å²) in [5.74, 6) is 0. The summed E-state index contributed by atoms with van der Waals surface area (Å²) in [4.78, 5) is 0. The first kappa shape index (κ1) is 24.9. The van der Waals surface area contributed by atoms with Crippen molar-refractivity contribution in [2.75, 3.05) is 13.2 Å². The smallest absolute Gasteiger partial charge is 0.259 e. The van der Waals surface area contributed by atoms with Crippen molar-refractivity contribution in [1.82, 2.24) is 4.67 Å². The Morgan fingerprint density at radius 2 is 1.00 bits per heavy atom. The number of benzene rings is 2. The Bertz CT molecular complexity index is 712. The Morgan fingerprint density at radius 1 is 0.576 bits per heavy atom. The lowest BCUT2D eigenvalue weighted by Gasteiger charge is -2.41. The van der Waals surface area contributed by atoms with E-state index < -0.39 is 8.53 Å². The van der Waals surface area contributed by atoms with Crippen LogP contribution in [0.25, 0.3) is 0 Å². The molecule has 0 atom stereocenters. The Morgan fingerprint density at radius 3 is 1.48 bits per heavy atom. The highest BCUT2D eigenvalue weighted by Gasteiger charge is 2.37. The van der Waals surface area contributed by atoms with Crippen molar-refractivity contribution in [2.45, 2.75) is 95.6 Å². The molecule has 0 radical (unpaired) electrons. The molecule has 0 aromatic heterocycles. The second-order valence-corrected chi connectivity index (χ2v) is 11.1. The molecule has 180 valence electrons. The molecule has 2 aromatic rings. The van der Waals surface area contributed by atoms with Crippen LogP contribution in [0, 0.1) is 0 Å². The third-order valence-electron chi connectivity index (χ3n) is 7.07. The van der Waals surface area contributed by atoms with Gasteiger partial charge in [-0.1, -0.05) is 118 Å². The fourth-order valence-corrected chi connectivity index (χ4v) is 7.14. The monoisotopic (exact) mass is 467 g/mol. The topological polar surface area (TPSA) is 21.7 Å². The summed E-state index contributed by atoms with van der Waals surface area (Å²) in [6.45, 7) is 1.62. The van der Waals surface area contributed by atoms with Crippen molar-refractivity contribution in [1.29, 1.82) is 0 Å². The van der Waals surface area contributed by atoms with Crippen molar-refractivity contribution < 1.29 is 9.05 Å². The van der Waals surface area contributed by atoms with Crippen LogP contribution in [0.15, 0.2) is 60.7 Å². The van der Waals surface area contributed by atoms with Gasteiger partial charge in [-0.25, -0.2) is 4.67 Å². The largest absolute Gasteiger partial charge is 0.322 e. The average molecular weight is 468 g/mol. The number of nitrogens with zero attached hydrogens (tertiary/aromatic N) is 1. The van der Waals surface area contributed by atoms with Gasteiger partial charge in [-0.2, -0.15) is 0 Å². The van der Waals surface area contributed by atoms with Crippen LogP contribution in [0.5, 0.6) is 0 Å². The Hall–Kier alpha value is -1.25. The van der Waals surface area contributed by atoms with E-state index in [4.69, 9.17) is 9.05 Å². The van der Waals surface area contributed by atoms with Crippen molar-refractivity contribution in [3.8, 4) is 0 Å². The molecule has 0 amide bonds. The predicted octanol–water partition coefficient (Wildman–Crippen LogP) is 8.81. The van der Waals surface area contributed by atoms with Gasteiger partial charge < -0.3 is 9.05 Å². The third kappa shape index (κ3) is 7.62. The van der Waals surface area contributed by atoms with Crippen LogP contribution in [0.3, 0.4) is 0 Å². The van der Waals surface area contributed by atoms with Gasteiger partial charge in [0.1, 0.15) is 0 Å². The zero-order valence-corrected chi connectivity index (χ0v) is 21.1. The predicted molar refractivity (Wildman–Crippen MR) is 139 cm³/mol. The van der Waals surface area contributed by atoms with E-state index in [0.29, 0.717) is 6.04 Å². The van der Waals surface area contributed by atoms with Crippen LogP contribution < -0.4 is 0 Å². The van der Waals surface area contributed by atoms with E-state index in [1.54, 1.807) is 0 Å². The number of rotatable bonds is 5. The first-order valence-corrected chi connectivity index (χ1v) is 14.5. The van der Waals surface area contributed by atoms with E-state index in [1.165, 1.54) is 81.8 Å². The average Bonchev–Trinajstić information content (AvgIpc) is 3.14. The lowest BCUT2D eigenvalue weighted by molar-refractivity contribution is 0.153. The molecule has 1 saturated carbocycles. The van der Waals surface area contributed by atoms with Crippen LogP contribution in [-0.2, 0) is 9.05 Å². The normalized spacial score (nSPS) is 20.8. The molecule has 4 rings (SSSR count). The second kappa shape index (κ2) is 14.2. The minimum atomic E-state index is -1.12. The molecule has 0 unspecified atom stereocenters. The fourth-order valence-electron chi connectivity index (χ4n) is 5.27. The van der Waals surface area contributed by atoms with Crippen LogP contribution in [0.1, 0.15) is 101 Å². The van der Waals surface area contributed by atoms with E-state index >= 15 is 0 Å². The highest BCUT2D eigenvalue weighted by Crippen LogP contribution is 2.53. The lowest BCUT2D eigenvalue weighted by atomic mass is 9.96. The Labute approximate surface area is 202 Å². The van der Waals surface area contributed by atoms with Gasteiger partial charge in [0, 0.05) is 6.04 Å². The van der Waals surface area contributed by atoms with Gasteiger partial charge in [-0.15, -0.1) is 0 Å². The quantitative estimate of drug-likeness (QED) is 0.324. The van der Waals surface area contributed by atoms with Crippen molar-refractivity contribution in [3.63, 3.8) is 0 Å². The molecule has 0 bridgehead atoms. The number of hydrogen-bond acceptors (Lipinski definition) is 3. The van der Waals surface area contributed by atoms with Crippen LogP contribution in [0.4, 0.5) is 0 Å². The maximum atomic E-state index is 6.66. The Kier molecular flexibility index (Phi) is 10.7. The summed E-state index contributed by atoms with van der Waals surface area (Å²) in [6, 6.07) is 22.7. The molecule has 1 aliphatic heterocycles. The van der Waals surface area contributed by atoms with Gasteiger partial charge in [-0.3, -0.25) is 0 Å². The summed E-state index contributed by atoms with van der Waals surface area (Å²) in [5.41, 5.74) is 2.68. The molecule has 2 aliphatic rings. The van der Waals surface area contributed by atoms with E-state index in [1.807, 2.05) is 0 Å². The fraction of sp³-hybridized carbons (Fsp3) is 0.586. The standard InChI is InChI=1S/C29H42NO2P/c1-2-6-16-24-31-33(32-25-17-7-3-1)30(28-22-14-4-5-15-23-28)29(26-18-10-8-11-19-26)27-20-12-9-13-21-27/h8-13,18-21,28-29H,1-7,14-17,22-25H2. The van der Waals surface area contributed by atoms with Gasteiger partial charge >= 0.3 is 0 Å². The molecule has 1 saturated heterocycles. The molecule has 1 aliphatic carbocycles. The SMILES string of the molecule is c1ccc(C(c2ccccc2)N(C2CCCCCC2)P2OCCCCCCCCCO2)cc1. The summed E-state index contributed by atoms with van der Waals surface area (Å²) in [7, 11) is -1.12. The van der Waals surface area contributed by atoms with E-state index in [2.05, 4.69) is 65.3 Å². The van der Waals surface area contributed by atoms with E-state index in [0.717, 1.165) is 26.1 Å². The summed E-state index contributed by atoms with van der Waals surface area (Å²) in [5, 5.41) is 0. The highest BCUT2D eigenvalue weighted by molar-refractivity contribution is 7.44. The third-order valence-corrected chi connectivity index (χ3v) is 8.82. The van der Waals surface area contributed by atoms with Gasteiger partial charge in [0.05, 0.1) is 19.3 Å². The minimum Gasteiger partial charge on any atom is -0.322 e. The number of hydrogen-bond donors (Lipinski definition) is 0. The second-order valence-electron chi connectivity index (χ2n) is 9.63. The van der Waals surface area contributed by atoms with Crippen molar-refractivity contribution in [3.05, 3.63) is 71.8 Å². The molecule has 33 heavy (non-hydrogen) atoms. The summed E-state index contributed by atoms with van der Waals surface area (Å²) >= 11 is 0. The van der Waals surface area contributed by atoms with Crippen molar-refractivity contribution >= 4 is 8.53 Å². The molecule has 4 heteroatoms. The molecule has 0 N–H and O–H groups in total. The lowest BCUT2D eigenvalue weighted by Crippen LogP contribution is -2.36. The van der Waals surface area contributed by atoms with E-state index in [-0.39, 0.29) is 6.04 Å². The van der Waals surface area contributed by atoms with Gasteiger partial charge in [-0.05, 0) is 36.8 Å². The molecule has 2 fully saturated rings. The molecule has 3 nitrogen and oxygen atoms in total. The molecular weight excluding hydrogens is 425 g/mol. The summed E-state index contributed by atoms with van der Waals surface area (Å²) < 4.78 is 16.0. The Balaban J connectivity index is 1.69.